The Bertz CT molecular complexity index is 863. The van der Waals surface area contributed by atoms with Gasteiger partial charge in [-0.1, -0.05) is 0 Å². The number of hydrogen-bond acceptors (Lipinski definition) is 6. The first-order chi connectivity index (χ1) is 12.1. The minimum atomic E-state index is -0.500. The molecule has 136 valence electrons. The van der Waals surface area contributed by atoms with E-state index in [1.54, 1.807) is 11.4 Å². The third kappa shape index (κ3) is 3.83. The predicted octanol–water partition coefficient (Wildman–Crippen LogP) is 0.166. The van der Waals surface area contributed by atoms with E-state index >= 15 is 0 Å². The maximum atomic E-state index is 12.7. The van der Waals surface area contributed by atoms with Crippen molar-refractivity contribution in [1.29, 1.82) is 0 Å². The lowest BCUT2D eigenvalue weighted by Gasteiger charge is -2.14. The lowest BCUT2D eigenvalue weighted by Crippen LogP contribution is -2.43. The van der Waals surface area contributed by atoms with Crippen LogP contribution in [-0.2, 0) is 27.4 Å². The Balaban J connectivity index is 1.84. The first-order valence-electron chi connectivity index (χ1n) is 8.20. The van der Waals surface area contributed by atoms with Crippen molar-refractivity contribution in [1.82, 2.24) is 14.5 Å². The number of ether oxygens (including phenoxy) is 2. The zero-order valence-electron chi connectivity index (χ0n) is 14.0. The van der Waals surface area contributed by atoms with Crippen LogP contribution in [0.2, 0.25) is 0 Å². The first-order valence-corrected chi connectivity index (χ1v) is 9.08. The topological polar surface area (TPSA) is 91.6 Å². The average Bonchev–Trinajstić information content (AvgIpc) is 3.28. The van der Waals surface area contributed by atoms with Crippen molar-refractivity contribution in [2.24, 2.45) is 0 Å². The highest BCUT2D eigenvalue weighted by Gasteiger charge is 2.19. The third-order valence-corrected chi connectivity index (χ3v) is 5.10. The minimum Gasteiger partial charge on any atom is -0.383 e. The highest BCUT2D eigenvalue weighted by atomic mass is 32.1. The average molecular weight is 367 g/mol. The molecule has 0 saturated carbocycles. The van der Waals surface area contributed by atoms with Gasteiger partial charge in [-0.25, -0.2) is 4.79 Å². The Labute approximate surface area is 148 Å². The van der Waals surface area contributed by atoms with Gasteiger partial charge in [0.2, 0.25) is 5.91 Å². The largest absolute Gasteiger partial charge is 0.383 e. The molecule has 1 saturated heterocycles. The molecule has 1 aliphatic rings. The molecule has 1 aliphatic heterocycles. The van der Waals surface area contributed by atoms with E-state index in [1.165, 1.54) is 23.0 Å². The Morgan fingerprint density at radius 2 is 2.28 bits per heavy atom. The number of nitrogens with one attached hydrogen (secondary N) is 1. The van der Waals surface area contributed by atoms with Crippen LogP contribution in [0.15, 0.2) is 21.0 Å². The van der Waals surface area contributed by atoms with Gasteiger partial charge in [0.05, 0.1) is 24.8 Å². The highest BCUT2D eigenvalue weighted by Crippen LogP contribution is 2.15. The Morgan fingerprint density at radius 1 is 1.44 bits per heavy atom. The summed E-state index contributed by atoms with van der Waals surface area (Å²) < 4.78 is 13.4. The lowest BCUT2D eigenvalue weighted by atomic mass is 10.2. The standard InChI is InChI=1S/C16H21N3O5S/c1-23-7-5-18-15(21)14-12(4-8-25-14)19(16(18)22)10-13(20)17-9-11-3-2-6-24-11/h4,8,11H,2-3,5-7,9-10H2,1H3,(H,17,20)/t11-/m0/s1. The fourth-order valence-electron chi connectivity index (χ4n) is 2.90. The van der Waals surface area contributed by atoms with E-state index in [1.807, 2.05) is 0 Å². The quantitative estimate of drug-likeness (QED) is 0.753. The number of rotatable bonds is 7. The minimum absolute atomic E-state index is 0.0393. The van der Waals surface area contributed by atoms with Crippen molar-refractivity contribution in [2.75, 3.05) is 26.9 Å². The second kappa shape index (κ2) is 7.94. The summed E-state index contributed by atoms with van der Waals surface area (Å²) in [6, 6.07) is 1.69. The van der Waals surface area contributed by atoms with Crippen molar-refractivity contribution >= 4 is 27.5 Å². The lowest BCUT2D eigenvalue weighted by molar-refractivity contribution is -0.122. The molecule has 0 aromatic carbocycles. The summed E-state index contributed by atoms with van der Waals surface area (Å²) in [5, 5.41) is 4.55. The summed E-state index contributed by atoms with van der Waals surface area (Å²) >= 11 is 1.26. The molecule has 0 spiro atoms. The molecule has 9 heteroatoms. The summed E-state index contributed by atoms with van der Waals surface area (Å²) in [6.07, 6.45) is 1.97. The van der Waals surface area contributed by atoms with Crippen molar-refractivity contribution in [2.45, 2.75) is 32.0 Å². The number of aromatic nitrogens is 2. The number of carbonyl (C=O) groups excluding carboxylic acids is 1. The number of thiophene rings is 1. The zero-order valence-corrected chi connectivity index (χ0v) is 14.8. The van der Waals surface area contributed by atoms with E-state index in [-0.39, 0.29) is 37.3 Å². The van der Waals surface area contributed by atoms with Gasteiger partial charge in [0.25, 0.3) is 5.56 Å². The molecule has 1 amide bonds. The maximum absolute atomic E-state index is 12.7. The molecule has 2 aromatic rings. The molecular formula is C16H21N3O5S. The van der Waals surface area contributed by atoms with Gasteiger partial charge in [-0.15, -0.1) is 11.3 Å². The SMILES string of the molecule is COCCn1c(=O)c2sccc2n(CC(=O)NC[C@@H]2CCCO2)c1=O. The van der Waals surface area contributed by atoms with Gasteiger partial charge in [0, 0.05) is 20.3 Å². The molecule has 8 nitrogen and oxygen atoms in total. The molecule has 2 aromatic heterocycles. The van der Waals surface area contributed by atoms with Gasteiger partial charge in [0.15, 0.2) is 0 Å². The molecule has 0 unspecified atom stereocenters. The first kappa shape index (κ1) is 17.8. The highest BCUT2D eigenvalue weighted by molar-refractivity contribution is 7.17. The van der Waals surface area contributed by atoms with Gasteiger partial charge in [0.1, 0.15) is 11.2 Å². The number of fused-ring (bicyclic) bond motifs is 1. The van der Waals surface area contributed by atoms with Crippen LogP contribution >= 0.6 is 11.3 Å². The van der Waals surface area contributed by atoms with Crippen LogP contribution in [0.25, 0.3) is 10.2 Å². The fourth-order valence-corrected chi connectivity index (χ4v) is 3.74. The molecule has 0 radical (unpaired) electrons. The summed E-state index contributed by atoms with van der Waals surface area (Å²) in [5.41, 5.74) is -0.357. The summed E-state index contributed by atoms with van der Waals surface area (Å²) in [7, 11) is 1.51. The molecule has 3 rings (SSSR count). The van der Waals surface area contributed by atoms with Crippen molar-refractivity contribution in [3.8, 4) is 0 Å². The van der Waals surface area contributed by atoms with E-state index in [4.69, 9.17) is 9.47 Å². The third-order valence-electron chi connectivity index (χ3n) is 4.21. The molecule has 1 atom stereocenters. The Hall–Kier alpha value is -1.97. The summed E-state index contributed by atoms with van der Waals surface area (Å²) in [4.78, 5) is 37.4. The van der Waals surface area contributed by atoms with Crippen LogP contribution in [-0.4, -0.2) is 48.0 Å². The van der Waals surface area contributed by atoms with E-state index in [2.05, 4.69) is 5.32 Å². The van der Waals surface area contributed by atoms with Crippen LogP contribution in [0.1, 0.15) is 12.8 Å². The Kier molecular flexibility index (Phi) is 5.67. The zero-order chi connectivity index (χ0) is 17.8. The van der Waals surface area contributed by atoms with Crippen LogP contribution in [0.5, 0.6) is 0 Å². The fraction of sp³-hybridized carbons (Fsp3) is 0.562. The van der Waals surface area contributed by atoms with Crippen LogP contribution in [0.3, 0.4) is 0 Å². The van der Waals surface area contributed by atoms with Crippen LogP contribution < -0.4 is 16.6 Å². The number of amides is 1. The molecule has 1 fully saturated rings. The summed E-state index contributed by atoms with van der Waals surface area (Å²) in [5.74, 6) is -0.276. The molecular weight excluding hydrogens is 346 g/mol. The molecule has 0 bridgehead atoms. The predicted molar refractivity (Wildman–Crippen MR) is 94.2 cm³/mol. The van der Waals surface area contributed by atoms with Crippen LogP contribution in [0, 0.1) is 0 Å². The van der Waals surface area contributed by atoms with E-state index in [9.17, 15) is 14.4 Å². The van der Waals surface area contributed by atoms with E-state index < -0.39 is 5.69 Å². The van der Waals surface area contributed by atoms with Gasteiger partial charge >= 0.3 is 5.69 Å². The van der Waals surface area contributed by atoms with E-state index in [0.29, 0.717) is 16.8 Å². The van der Waals surface area contributed by atoms with Crippen molar-refractivity contribution in [3.63, 3.8) is 0 Å². The van der Waals surface area contributed by atoms with Gasteiger partial charge < -0.3 is 14.8 Å². The number of methoxy groups -OCH3 is 1. The van der Waals surface area contributed by atoms with Crippen molar-refractivity contribution in [3.05, 3.63) is 32.3 Å². The maximum Gasteiger partial charge on any atom is 0.332 e. The van der Waals surface area contributed by atoms with Gasteiger partial charge in [-0.2, -0.15) is 0 Å². The van der Waals surface area contributed by atoms with Gasteiger partial charge in [-0.05, 0) is 24.3 Å². The second-order valence-electron chi connectivity index (χ2n) is 5.89. The number of carbonyl (C=O) groups is 1. The van der Waals surface area contributed by atoms with Crippen LogP contribution in [0.4, 0.5) is 0 Å². The smallest absolute Gasteiger partial charge is 0.332 e. The van der Waals surface area contributed by atoms with Gasteiger partial charge in [-0.3, -0.25) is 18.7 Å². The Morgan fingerprint density at radius 3 is 3.00 bits per heavy atom. The second-order valence-corrected chi connectivity index (χ2v) is 6.81. The number of hydrogen-bond donors (Lipinski definition) is 1. The summed E-state index contributed by atoms with van der Waals surface area (Å²) in [6.45, 7) is 1.42. The van der Waals surface area contributed by atoms with Crippen molar-refractivity contribution < 1.29 is 14.3 Å². The molecule has 25 heavy (non-hydrogen) atoms. The normalized spacial score (nSPS) is 17.2. The molecule has 3 heterocycles. The monoisotopic (exact) mass is 367 g/mol. The van der Waals surface area contributed by atoms with E-state index in [0.717, 1.165) is 24.0 Å². The molecule has 1 N–H and O–H groups in total. The number of nitrogens with zero attached hydrogens (tertiary/aromatic N) is 2. The molecule has 0 aliphatic carbocycles.